The van der Waals surface area contributed by atoms with Crippen molar-refractivity contribution >= 4 is 97.6 Å². The van der Waals surface area contributed by atoms with Gasteiger partial charge in [-0.15, -0.1) is 26.3 Å². The van der Waals surface area contributed by atoms with Crippen molar-refractivity contribution in [1.29, 1.82) is 0 Å². The highest BCUT2D eigenvalue weighted by atomic mass is 31.2. The lowest BCUT2D eigenvalue weighted by molar-refractivity contribution is 0.104. The molecule has 0 saturated heterocycles. The number of benzene rings is 10. The highest BCUT2D eigenvalue weighted by Gasteiger charge is 2.38. The third kappa shape index (κ3) is 12.6. The molecule has 0 fully saturated rings. The number of hydrogen-bond donors (Lipinski definition) is 0. The molecule has 0 aliphatic rings. The van der Waals surface area contributed by atoms with E-state index in [4.69, 9.17) is 8.85 Å². The van der Waals surface area contributed by atoms with Crippen LogP contribution in [-0.2, 0) is 18.0 Å². The molecule has 0 aliphatic heterocycles. The van der Waals surface area contributed by atoms with Gasteiger partial charge in [-0.25, -0.2) is 0 Å². The molecule has 414 valence electrons. The quantitative estimate of drug-likeness (QED) is 0.0311. The van der Waals surface area contributed by atoms with Crippen LogP contribution in [0.5, 0.6) is 0 Å². The zero-order valence-corrected chi connectivity index (χ0v) is 52.5. The Labute approximate surface area is 501 Å². The Morgan fingerprint density at radius 3 is 0.976 bits per heavy atom. The molecule has 0 radical (unpaired) electrons. The third-order valence-corrected chi connectivity index (χ3v) is 25.1. The smallest absolute Gasteiger partial charge is 0.193 e. The topological polar surface area (TPSA) is 52.6 Å². The van der Waals surface area contributed by atoms with E-state index >= 15 is 9.13 Å². The Kier molecular flexibility index (Phi) is 18.5. The molecule has 0 amide bonds. The predicted octanol–water partition coefficient (Wildman–Crippen LogP) is 13.0. The molecule has 10 aromatic rings. The molecule has 0 atom stereocenters. The second kappa shape index (κ2) is 26.5. The van der Waals surface area contributed by atoms with Crippen LogP contribution in [0.3, 0.4) is 0 Å². The van der Waals surface area contributed by atoms with Gasteiger partial charge >= 0.3 is 0 Å². The van der Waals surface area contributed by atoms with Crippen molar-refractivity contribution in [1.82, 2.24) is 0 Å². The molecule has 10 rings (SSSR count). The molecule has 8 heteroatoms. The molecule has 0 aromatic heterocycles. The highest BCUT2D eigenvalue weighted by molar-refractivity contribution is 7.86. The summed E-state index contributed by atoms with van der Waals surface area (Å²) in [6, 6.07) is 76.4. The van der Waals surface area contributed by atoms with E-state index in [1.165, 1.54) is 10.4 Å². The van der Waals surface area contributed by atoms with E-state index in [-0.39, 0.29) is 11.2 Å². The summed E-state index contributed by atoms with van der Waals surface area (Å²) in [6.07, 6.45) is 10.6. The lowest BCUT2D eigenvalue weighted by atomic mass is 9.91. The summed E-state index contributed by atoms with van der Waals surface area (Å²) in [5.74, 6) is 14.1. The SMILES string of the molecule is C=CCC(C)(CC=C)O[SiH2]c1ccc(C#Cc2cccc3c(-c4c(P(=O)(c5ccccc5)c5ccccc5)ccc5c(C#Cc6ccc([SiH2]OC(C)(CC=C)CC=C)cc6)cccc45)c(P(=O)(c4ccccc4)c4ccccc4)ccc23)cc1. The minimum atomic E-state index is -3.76. The van der Waals surface area contributed by atoms with Crippen molar-refractivity contribution in [3.05, 3.63) is 303 Å². The van der Waals surface area contributed by atoms with Gasteiger partial charge in [-0.2, -0.15) is 0 Å². The molecule has 0 aliphatic carbocycles. The highest BCUT2D eigenvalue weighted by Crippen LogP contribution is 2.52. The molecule has 0 bridgehead atoms. The minimum absolute atomic E-state index is 0.327. The van der Waals surface area contributed by atoms with E-state index in [9.17, 15) is 0 Å². The van der Waals surface area contributed by atoms with Gasteiger partial charge in [0.1, 0.15) is 0 Å². The largest absolute Gasteiger partial charge is 0.413 e. The average molecular weight is 1160 g/mol. The molecule has 0 spiro atoms. The molecule has 0 N–H and O–H groups in total. The molecule has 0 saturated carbocycles. The third-order valence-electron chi connectivity index (χ3n) is 15.6. The van der Waals surface area contributed by atoms with Crippen molar-refractivity contribution in [3.63, 3.8) is 0 Å². The first-order valence-electron chi connectivity index (χ1n) is 28.4. The fourth-order valence-electron chi connectivity index (χ4n) is 11.2. The normalized spacial score (nSPS) is 12.0. The summed E-state index contributed by atoms with van der Waals surface area (Å²) in [6.45, 7) is 20.1. The van der Waals surface area contributed by atoms with E-state index in [1.54, 1.807) is 0 Å². The molecular weight excluding hydrogens is 1090 g/mol. The van der Waals surface area contributed by atoms with E-state index in [0.29, 0.717) is 31.8 Å². The molecular formula is C76H68O4P2Si2. The first-order chi connectivity index (χ1) is 40.9. The summed E-state index contributed by atoms with van der Waals surface area (Å²) in [5.41, 5.74) is 4.12. The van der Waals surface area contributed by atoms with Crippen molar-refractivity contribution < 1.29 is 18.0 Å². The van der Waals surface area contributed by atoms with Crippen molar-refractivity contribution in [3.8, 4) is 34.8 Å². The van der Waals surface area contributed by atoms with Gasteiger partial charge in [-0.3, -0.25) is 0 Å². The van der Waals surface area contributed by atoms with Crippen molar-refractivity contribution in [2.24, 2.45) is 0 Å². The summed E-state index contributed by atoms with van der Waals surface area (Å²) < 4.78 is 47.5. The van der Waals surface area contributed by atoms with Crippen LogP contribution >= 0.6 is 14.3 Å². The zero-order valence-electron chi connectivity index (χ0n) is 47.8. The Balaban J connectivity index is 1.21. The predicted molar refractivity (Wildman–Crippen MR) is 365 cm³/mol. The van der Waals surface area contributed by atoms with Gasteiger partial charge in [-0.1, -0.05) is 230 Å². The lowest BCUT2D eigenvalue weighted by Gasteiger charge is -2.29. The monoisotopic (exact) mass is 1160 g/mol. The van der Waals surface area contributed by atoms with Gasteiger partial charge < -0.3 is 18.0 Å². The van der Waals surface area contributed by atoms with Crippen LogP contribution in [0.2, 0.25) is 0 Å². The Hall–Kier alpha value is -8.39. The standard InChI is InChI=1S/C76H68O4P2Si2/c1-7-53-75(5,54-8-2)79-83-65-45-39-57(40-46-65)37-43-59-25-23-35-69-67(59)49-51-71(81(77,61-27-15-11-16-28-61)62-29-17-12-18-30-62)73(69)74-70-36-24-26-60(44-38-58-41-47-66(48-42-58)84-80-76(6,55-9-3)56-10-4)68(70)50-52-72(74)82(78,63-31-19-13-20-32-63)64-33-21-14-22-34-64/h7-36,39-42,45-52H,1-4,53-56,83-84H2,5-6H3. The van der Waals surface area contributed by atoms with Gasteiger partial charge in [0.2, 0.25) is 0 Å². The van der Waals surface area contributed by atoms with E-state index in [1.807, 2.05) is 182 Å². The number of fused-ring (bicyclic) bond motifs is 2. The maximum atomic E-state index is 17.2. The fourth-order valence-corrected chi connectivity index (χ4v) is 19.3. The van der Waals surface area contributed by atoms with Crippen LogP contribution < -0.4 is 42.2 Å². The van der Waals surface area contributed by atoms with Gasteiger partial charge in [0.25, 0.3) is 0 Å². The molecule has 4 nitrogen and oxygen atoms in total. The lowest BCUT2D eigenvalue weighted by Crippen LogP contribution is -2.33. The minimum Gasteiger partial charge on any atom is -0.413 e. The Morgan fingerprint density at radius 2 is 0.679 bits per heavy atom. The van der Waals surface area contributed by atoms with Crippen molar-refractivity contribution in [2.75, 3.05) is 0 Å². The van der Waals surface area contributed by atoms with Gasteiger partial charge in [0.15, 0.2) is 33.8 Å². The van der Waals surface area contributed by atoms with Crippen LogP contribution in [0.1, 0.15) is 61.8 Å². The second-order valence-electron chi connectivity index (χ2n) is 21.6. The van der Waals surface area contributed by atoms with Crippen LogP contribution in [0.15, 0.2) is 281 Å². The summed E-state index contributed by atoms with van der Waals surface area (Å²) >= 11 is 0. The molecule has 10 aromatic carbocycles. The van der Waals surface area contributed by atoms with Crippen LogP contribution in [0.25, 0.3) is 32.7 Å². The number of hydrogen-bond acceptors (Lipinski definition) is 4. The van der Waals surface area contributed by atoms with E-state index in [2.05, 4.69) is 137 Å². The molecule has 0 heterocycles. The maximum absolute atomic E-state index is 17.2. The fraction of sp³-hybridized carbons (Fsp3) is 0.105. The van der Waals surface area contributed by atoms with Gasteiger partial charge in [0, 0.05) is 65.2 Å². The van der Waals surface area contributed by atoms with Crippen molar-refractivity contribution in [2.45, 2.75) is 50.7 Å². The first kappa shape index (κ1) is 58.8. The van der Waals surface area contributed by atoms with E-state index in [0.717, 1.165) is 80.6 Å². The van der Waals surface area contributed by atoms with Gasteiger partial charge in [0.05, 0.1) is 11.2 Å². The van der Waals surface area contributed by atoms with Crippen LogP contribution in [0, 0.1) is 23.7 Å². The summed E-state index contributed by atoms with van der Waals surface area (Å²) in [5, 5.41) is 9.71. The van der Waals surface area contributed by atoms with Crippen LogP contribution in [0.4, 0.5) is 0 Å². The zero-order chi connectivity index (χ0) is 58.6. The maximum Gasteiger partial charge on any atom is 0.193 e. The second-order valence-corrected chi connectivity index (χ2v) is 29.9. The summed E-state index contributed by atoms with van der Waals surface area (Å²) in [7, 11) is -9.61. The first-order valence-corrected chi connectivity index (χ1v) is 34.4. The van der Waals surface area contributed by atoms with Gasteiger partial charge in [-0.05, 0) is 120 Å². The number of rotatable bonds is 21. The summed E-state index contributed by atoms with van der Waals surface area (Å²) in [4.78, 5) is 0. The Morgan fingerprint density at radius 1 is 0.369 bits per heavy atom. The Bertz CT molecular complexity index is 3870. The van der Waals surface area contributed by atoms with E-state index < -0.39 is 33.8 Å². The molecule has 84 heavy (non-hydrogen) atoms. The average Bonchev–Trinajstić information content (AvgIpc) is 2.82. The van der Waals surface area contributed by atoms with Crippen LogP contribution in [-0.4, -0.2) is 30.7 Å². The molecule has 0 unspecified atom stereocenters.